The van der Waals surface area contributed by atoms with Crippen LogP contribution in [0.2, 0.25) is 0 Å². The fraction of sp³-hybridized carbons (Fsp3) is 0.727. The number of hydrogen-bond acceptors (Lipinski definition) is 4. The summed E-state index contributed by atoms with van der Waals surface area (Å²) in [6, 6.07) is 2.42. The number of nitrogens with zero attached hydrogens (tertiary/aromatic N) is 2. The van der Waals surface area contributed by atoms with Crippen molar-refractivity contribution in [3.05, 3.63) is 18.0 Å². The molecule has 1 aromatic rings. The van der Waals surface area contributed by atoms with Crippen LogP contribution in [-0.4, -0.2) is 34.4 Å². The zero-order chi connectivity index (χ0) is 10.5. The lowest BCUT2D eigenvalue weighted by atomic mass is 9.99. The molecular formula is C11H18N2O2. The highest BCUT2D eigenvalue weighted by Gasteiger charge is 2.22. The van der Waals surface area contributed by atoms with E-state index in [1.807, 2.05) is 6.07 Å². The van der Waals surface area contributed by atoms with Crippen LogP contribution in [0.4, 0.5) is 0 Å². The Hall–Kier alpha value is -0.870. The van der Waals surface area contributed by atoms with Gasteiger partial charge in [0.05, 0.1) is 12.7 Å². The Morgan fingerprint density at radius 2 is 2.47 bits per heavy atom. The number of aliphatic hydroxyl groups is 1. The molecular weight excluding hydrogens is 192 g/mol. The summed E-state index contributed by atoms with van der Waals surface area (Å²) >= 11 is 0. The Bertz CT molecular complexity index is 272. The number of aromatic nitrogens is 1. The van der Waals surface area contributed by atoms with E-state index in [2.05, 4.69) is 10.1 Å². The Morgan fingerprint density at radius 1 is 1.53 bits per heavy atom. The molecule has 84 valence electrons. The highest BCUT2D eigenvalue weighted by molar-refractivity contribution is 4.94. The summed E-state index contributed by atoms with van der Waals surface area (Å²) in [5.41, 5.74) is 0. The predicted molar refractivity (Wildman–Crippen MR) is 56.3 cm³/mol. The lowest BCUT2D eigenvalue weighted by molar-refractivity contribution is 0.102. The Kier molecular flexibility index (Phi) is 3.75. The van der Waals surface area contributed by atoms with Crippen molar-refractivity contribution in [3.63, 3.8) is 0 Å². The molecule has 0 radical (unpaired) electrons. The molecule has 0 spiro atoms. The first kappa shape index (κ1) is 10.6. The van der Waals surface area contributed by atoms with Crippen molar-refractivity contribution in [2.45, 2.75) is 38.3 Å². The van der Waals surface area contributed by atoms with Gasteiger partial charge in [0.2, 0.25) is 0 Å². The van der Waals surface area contributed by atoms with Gasteiger partial charge in [-0.05, 0) is 25.8 Å². The van der Waals surface area contributed by atoms with E-state index >= 15 is 0 Å². The average molecular weight is 210 g/mol. The SMILES string of the molecule is OCCC1CCCCN1Cc1ccno1. The van der Waals surface area contributed by atoms with Crippen LogP contribution in [0.25, 0.3) is 0 Å². The second kappa shape index (κ2) is 5.28. The van der Waals surface area contributed by atoms with Gasteiger partial charge in [-0.15, -0.1) is 0 Å². The molecule has 0 bridgehead atoms. The maximum atomic E-state index is 9.00. The topological polar surface area (TPSA) is 49.5 Å². The second-order valence-electron chi connectivity index (χ2n) is 4.11. The van der Waals surface area contributed by atoms with Gasteiger partial charge in [-0.1, -0.05) is 11.6 Å². The van der Waals surface area contributed by atoms with Gasteiger partial charge in [0.15, 0.2) is 5.76 Å². The molecule has 1 unspecified atom stereocenters. The molecule has 4 nitrogen and oxygen atoms in total. The molecule has 1 atom stereocenters. The maximum Gasteiger partial charge on any atom is 0.150 e. The van der Waals surface area contributed by atoms with Gasteiger partial charge in [0.1, 0.15) is 0 Å². The fourth-order valence-electron chi connectivity index (χ4n) is 2.27. The summed E-state index contributed by atoms with van der Waals surface area (Å²) in [6.45, 7) is 2.20. The molecule has 0 saturated carbocycles. The normalized spacial score (nSPS) is 23.1. The molecule has 1 fully saturated rings. The van der Waals surface area contributed by atoms with Crippen LogP contribution < -0.4 is 0 Å². The van der Waals surface area contributed by atoms with Crippen molar-refractivity contribution in [1.82, 2.24) is 10.1 Å². The third-order valence-electron chi connectivity index (χ3n) is 3.06. The number of aliphatic hydroxyl groups excluding tert-OH is 1. The monoisotopic (exact) mass is 210 g/mol. The van der Waals surface area contributed by atoms with E-state index in [1.54, 1.807) is 6.20 Å². The summed E-state index contributed by atoms with van der Waals surface area (Å²) in [5, 5.41) is 12.7. The maximum absolute atomic E-state index is 9.00. The zero-order valence-corrected chi connectivity index (χ0v) is 8.93. The van der Waals surface area contributed by atoms with E-state index in [9.17, 15) is 0 Å². The van der Waals surface area contributed by atoms with Crippen molar-refractivity contribution in [1.29, 1.82) is 0 Å². The highest BCUT2D eigenvalue weighted by Crippen LogP contribution is 2.21. The quantitative estimate of drug-likeness (QED) is 0.816. The molecule has 1 N–H and O–H groups in total. The Balaban J connectivity index is 1.92. The summed E-state index contributed by atoms with van der Waals surface area (Å²) in [7, 11) is 0. The van der Waals surface area contributed by atoms with Crippen LogP contribution in [0, 0.1) is 0 Å². The number of piperidine rings is 1. The Morgan fingerprint density at radius 3 is 3.20 bits per heavy atom. The first-order valence-electron chi connectivity index (χ1n) is 5.64. The molecule has 0 amide bonds. The van der Waals surface area contributed by atoms with Crippen molar-refractivity contribution in [2.75, 3.05) is 13.2 Å². The van der Waals surface area contributed by atoms with Gasteiger partial charge >= 0.3 is 0 Å². The minimum Gasteiger partial charge on any atom is -0.396 e. The summed E-state index contributed by atoms with van der Waals surface area (Å²) in [6.07, 6.45) is 6.26. The number of hydrogen-bond donors (Lipinski definition) is 1. The molecule has 1 aromatic heterocycles. The lowest BCUT2D eigenvalue weighted by Gasteiger charge is -2.34. The molecule has 0 aromatic carbocycles. The fourth-order valence-corrected chi connectivity index (χ4v) is 2.27. The first-order valence-corrected chi connectivity index (χ1v) is 5.64. The van der Waals surface area contributed by atoms with Gasteiger partial charge in [0.25, 0.3) is 0 Å². The predicted octanol–water partition coefficient (Wildman–Crippen LogP) is 1.41. The van der Waals surface area contributed by atoms with Gasteiger partial charge in [0, 0.05) is 18.7 Å². The molecule has 1 aliphatic heterocycles. The van der Waals surface area contributed by atoms with Gasteiger partial charge in [-0.3, -0.25) is 4.90 Å². The van der Waals surface area contributed by atoms with E-state index in [0.29, 0.717) is 6.04 Å². The van der Waals surface area contributed by atoms with Crippen LogP contribution in [-0.2, 0) is 6.54 Å². The van der Waals surface area contributed by atoms with E-state index in [-0.39, 0.29) is 6.61 Å². The van der Waals surface area contributed by atoms with E-state index in [4.69, 9.17) is 9.63 Å². The molecule has 15 heavy (non-hydrogen) atoms. The molecule has 0 aliphatic carbocycles. The average Bonchev–Trinajstić information content (AvgIpc) is 2.74. The standard InChI is InChI=1S/C11H18N2O2/c14-8-5-10-3-1-2-7-13(10)9-11-4-6-12-15-11/h4,6,10,14H,1-3,5,7-9H2. The Labute approximate surface area is 89.9 Å². The van der Waals surface area contributed by atoms with Crippen LogP contribution in [0.5, 0.6) is 0 Å². The molecule has 1 aliphatic rings. The number of likely N-dealkylation sites (tertiary alicyclic amines) is 1. The molecule has 2 heterocycles. The third-order valence-corrected chi connectivity index (χ3v) is 3.06. The minimum absolute atomic E-state index is 0.275. The van der Waals surface area contributed by atoms with Crippen LogP contribution in [0.1, 0.15) is 31.4 Å². The van der Waals surface area contributed by atoms with Gasteiger partial charge < -0.3 is 9.63 Å². The molecule has 1 saturated heterocycles. The number of rotatable bonds is 4. The van der Waals surface area contributed by atoms with Crippen molar-refractivity contribution < 1.29 is 9.63 Å². The first-order chi connectivity index (χ1) is 7.40. The van der Waals surface area contributed by atoms with Gasteiger partial charge in [-0.25, -0.2) is 0 Å². The van der Waals surface area contributed by atoms with E-state index < -0.39 is 0 Å². The van der Waals surface area contributed by atoms with E-state index in [0.717, 1.165) is 25.3 Å². The van der Waals surface area contributed by atoms with Crippen LogP contribution in [0.3, 0.4) is 0 Å². The summed E-state index contributed by atoms with van der Waals surface area (Å²) < 4.78 is 5.11. The second-order valence-corrected chi connectivity index (χ2v) is 4.11. The van der Waals surface area contributed by atoms with Crippen molar-refractivity contribution in [3.8, 4) is 0 Å². The molecule has 4 heteroatoms. The third kappa shape index (κ3) is 2.79. The van der Waals surface area contributed by atoms with Crippen molar-refractivity contribution >= 4 is 0 Å². The van der Waals surface area contributed by atoms with E-state index in [1.165, 1.54) is 19.3 Å². The van der Waals surface area contributed by atoms with Crippen molar-refractivity contribution in [2.24, 2.45) is 0 Å². The summed E-state index contributed by atoms with van der Waals surface area (Å²) in [5.74, 6) is 0.917. The highest BCUT2D eigenvalue weighted by atomic mass is 16.5. The molecule has 2 rings (SSSR count). The largest absolute Gasteiger partial charge is 0.396 e. The summed E-state index contributed by atoms with van der Waals surface area (Å²) in [4.78, 5) is 2.39. The minimum atomic E-state index is 0.275. The van der Waals surface area contributed by atoms with Crippen LogP contribution >= 0.6 is 0 Å². The van der Waals surface area contributed by atoms with Crippen LogP contribution in [0.15, 0.2) is 16.8 Å². The zero-order valence-electron chi connectivity index (χ0n) is 8.93. The van der Waals surface area contributed by atoms with Gasteiger partial charge in [-0.2, -0.15) is 0 Å². The lowest BCUT2D eigenvalue weighted by Crippen LogP contribution is -2.39. The smallest absolute Gasteiger partial charge is 0.150 e.